The third-order valence-electron chi connectivity index (χ3n) is 2.37. The molecule has 1 amide bonds. The summed E-state index contributed by atoms with van der Waals surface area (Å²) in [5, 5.41) is 6.70. The smallest absolute Gasteiger partial charge is 0.226 e. The van der Waals surface area contributed by atoms with Crippen LogP contribution in [0, 0.1) is 0 Å². The van der Waals surface area contributed by atoms with Gasteiger partial charge in [-0.1, -0.05) is 11.6 Å². The van der Waals surface area contributed by atoms with E-state index >= 15 is 0 Å². The first-order chi connectivity index (χ1) is 9.76. The first-order valence-electron chi connectivity index (χ1n) is 6.76. The Kier molecular flexibility index (Phi) is 6.92. The van der Waals surface area contributed by atoms with Crippen LogP contribution in [0.25, 0.3) is 0 Å². The average molecular weight is 329 g/mol. The Bertz CT molecular complexity index is 483. The van der Waals surface area contributed by atoms with Crippen LogP contribution in [0.4, 0.5) is 0 Å². The summed E-state index contributed by atoms with van der Waals surface area (Å²) in [6.45, 7) is 6.40. The van der Waals surface area contributed by atoms with Crippen LogP contribution in [0.1, 0.15) is 33.6 Å². The summed E-state index contributed by atoms with van der Waals surface area (Å²) in [6.07, 6.45) is 0.978. The molecule has 0 radical (unpaired) electrons. The van der Waals surface area contributed by atoms with Crippen molar-refractivity contribution in [2.75, 3.05) is 6.61 Å². The molecule has 0 aliphatic heterocycles. The Balaban J connectivity index is 2.19. The maximum absolute atomic E-state index is 11.7. The lowest BCUT2D eigenvalue weighted by molar-refractivity contribution is -0.119. The first-order valence-corrected chi connectivity index (χ1v) is 7.55. The number of amides is 1. The highest BCUT2D eigenvalue weighted by Gasteiger charge is 2.12. The Morgan fingerprint density at radius 3 is 2.48 bits per heavy atom. The highest BCUT2D eigenvalue weighted by molar-refractivity contribution is 7.80. The molecule has 0 saturated carbocycles. The lowest BCUT2D eigenvalue weighted by Gasteiger charge is -2.22. The van der Waals surface area contributed by atoms with Gasteiger partial charge in [0.2, 0.25) is 5.91 Å². The van der Waals surface area contributed by atoms with E-state index in [2.05, 4.69) is 10.6 Å². The molecule has 116 valence electrons. The molecule has 21 heavy (non-hydrogen) atoms. The van der Waals surface area contributed by atoms with E-state index in [0.717, 1.165) is 5.75 Å². The van der Waals surface area contributed by atoms with Crippen molar-refractivity contribution < 1.29 is 9.53 Å². The predicted molar refractivity (Wildman–Crippen MR) is 89.8 cm³/mol. The zero-order chi connectivity index (χ0) is 15.9. The van der Waals surface area contributed by atoms with Gasteiger partial charge in [-0.3, -0.25) is 4.79 Å². The van der Waals surface area contributed by atoms with Crippen molar-refractivity contribution in [1.29, 1.82) is 0 Å². The monoisotopic (exact) mass is 328 g/mol. The molecule has 4 nitrogen and oxygen atoms in total. The van der Waals surface area contributed by atoms with E-state index in [1.807, 2.05) is 20.8 Å². The number of benzene rings is 1. The largest absolute Gasteiger partial charge is 0.494 e. The van der Waals surface area contributed by atoms with Crippen molar-refractivity contribution >= 4 is 34.8 Å². The Morgan fingerprint density at radius 1 is 1.29 bits per heavy atom. The molecule has 0 saturated heterocycles. The van der Waals surface area contributed by atoms with Crippen molar-refractivity contribution in [1.82, 2.24) is 10.6 Å². The van der Waals surface area contributed by atoms with E-state index in [-0.39, 0.29) is 11.4 Å². The molecule has 0 unspecified atom stereocenters. The number of ether oxygens (including phenoxy) is 1. The van der Waals surface area contributed by atoms with Crippen LogP contribution in [0.5, 0.6) is 5.75 Å². The summed E-state index contributed by atoms with van der Waals surface area (Å²) in [4.78, 5) is 11.7. The topological polar surface area (TPSA) is 50.4 Å². The molecule has 0 fully saturated rings. The van der Waals surface area contributed by atoms with Crippen molar-refractivity contribution in [3.63, 3.8) is 0 Å². The number of nitrogens with one attached hydrogen (secondary N) is 2. The molecule has 0 heterocycles. The Hall–Kier alpha value is -1.33. The molecule has 1 aromatic carbocycles. The minimum absolute atomic E-state index is 0.114. The van der Waals surface area contributed by atoms with Crippen LogP contribution in [0.3, 0.4) is 0 Å². The van der Waals surface area contributed by atoms with Crippen molar-refractivity contribution in [3.8, 4) is 5.75 Å². The van der Waals surface area contributed by atoms with E-state index < -0.39 is 0 Å². The normalized spacial score (nSPS) is 10.9. The number of hydrogen-bond donors (Lipinski definition) is 2. The van der Waals surface area contributed by atoms with Gasteiger partial charge < -0.3 is 15.4 Å². The number of carbonyl (C=O) groups is 1. The number of halogens is 1. The number of thiocarbonyl (C=S) groups is 1. The summed E-state index contributed by atoms with van der Waals surface area (Å²) in [5.74, 6) is 0.626. The number of hydrogen-bond acceptors (Lipinski definition) is 3. The molecule has 0 spiro atoms. The molecule has 0 bridgehead atoms. The zero-order valence-corrected chi connectivity index (χ0v) is 14.1. The van der Waals surface area contributed by atoms with E-state index in [1.165, 1.54) is 0 Å². The van der Waals surface area contributed by atoms with Crippen LogP contribution in [0.15, 0.2) is 24.3 Å². The average Bonchev–Trinajstić information content (AvgIpc) is 2.34. The Labute approximate surface area is 136 Å². The van der Waals surface area contributed by atoms with Gasteiger partial charge in [-0.2, -0.15) is 0 Å². The van der Waals surface area contributed by atoms with Crippen LogP contribution >= 0.6 is 23.8 Å². The second-order valence-electron chi connectivity index (χ2n) is 5.66. The highest BCUT2D eigenvalue weighted by atomic mass is 35.5. The number of rotatable bonds is 5. The van der Waals surface area contributed by atoms with Crippen molar-refractivity contribution in [2.24, 2.45) is 0 Å². The zero-order valence-electron chi connectivity index (χ0n) is 12.5. The highest BCUT2D eigenvalue weighted by Crippen LogP contribution is 2.15. The molecule has 6 heteroatoms. The van der Waals surface area contributed by atoms with E-state index in [9.17, 15) is 4.79 Å². The molecule has 0 aromatic heterocycles. The molecule has 2 N–H and O–H groups in total. The van der Waals surface area contributed by atoms with Gasteiger partial charge in [0, 0.05) is 17.0 Å². The van der Waals surface area contributed by atoms with Gasteiger partial charge in [0.15, 0.2) is 5.11 Å². The standard InChI is InChI=1S/C15H21ClN2O2S/c1-15(2,3)18-14(21)17-13(19)5-4-10-20-12-8-6-11(16)7-9-12/h6-9H,4-5,10H2,1-3H3,(H2,17,18,19,21). The summed E-state index contributed by atoms with van der Waals surface area (Å²) in [5.41, 5.74) is -0.165. The third-order valence-corrected chi connectivity index (χ3v) is 2.83. The minimum atomic E-state index is -0.165. The van der Waals surface area contributed by atoms with Crippen LogP contribution in [-0.4, -0.2) is 23.2 Å². The van der Waals surface area contributed by atoms with Crippen LogP contribution < -0.4 is 15.4 Å². The van der Waals surface area contributed by atoms with Gasteiger partial charge in [0.25, 0.3) is 0 Å². The minimum Gasteiger partial charge on any atom is -0.494 e. The quantitative estimate of drug-likeness (QED) is 0.643. The fourth-order valence-electron chi connectivity index (χ4n) is 1.51. The van der Waals surface area contributed by atoms with Gasteiger partial charge in [-0.05, 0) is 63.7 Å². The molecule has 0 aliphatic carbocycles. The van der Waals surface area contributed by atoms with E-state index in [0.29, 0.717) is 29.6 Å². The second kappa shape index (κ2) is 8.20. The SMILES string of the molecule is CC(C)(C)NC(=S)NC(=O)CCCOc1ccc(Cl)cc1. The summed E-state index contributed by atoms with van der Waals surface area (Å²) >= 11 is 10.8. The van der Waals surface area contributed by atoms with Gasteiger partial charge in [-0.15, -0.1) is 0 Å². The second-order valence-corrected chi connectivity index (χ2v) is 6.50. The van der Waals surface area contributed by atoms with Gasteiger partial charge >= 0.3 is 0 Å². The predicted octanol–water partition coefficient (Wildman–Crippen LogP) is 3.29. The van der Waals surface area contributed by atoms with E-state index in [1.54, 1.807) is 24.3 Å². The lowest BCUT2D eigenvalue weighted by Crippen LogP contribution is -2.48. The maximum Gasteiger partial charge on any atom is 0.226 e. The molecule has 0 atom stereocenters. The molecule has 0 aliphatic rings. The van der Waals surface area contributed by atoms with Crippen molar-refractivity contribution in [3.05, 3.63) is 29.3 Å². The fraction of sp³-hybridized carbons (Fsp3) is 0.467. The maximum atomic E-state index is 11.7. The summed E-state index contributed by atoms with van der Waals surface area (Å²) in [6, 6.07) is 7.12. The molecular weight excluding hydrogens is 308 g/mol. The van der Waals surface area contributed by atoms with Gasteiger partial charge in [-0.25, -0.2) is 0 Å². The van der Waals surface area contributed by atoms with Crippen LogP contribution in [0.2, 0.25) is 5.02 Å². The Morgan fingerprint density at radius 2 is 1.90 bits per heavy atom. The molecule has 1 rings (SSSR count). The fourth-order valence-corrected chi connectivity index (χ4v) is 2.06. The summed E-state index contributed by atoms with van der Waals surface area (Å²) in [7, 11) is 0. The molecular formula is C15H21ClN2O2S. The van der Waals surface area contributed by atoms with Crippen molar-refractivity contribution in [2.45, 2.75) is 39.2 Å². The van der Waals surface area contributed by atoms with Gasteiger partial charge in [0.05, 0.1) is 6.61 Å². The van der Waals surface area contributed by atoms with Gasteiger partial charge in [0.1, 0.15) is 5.75 Å². The van der Waals surface area contributed by atoms with E-state index in [4.69, 9.17) is 28.6 Å². The van der Waals surface area contributed by atoms with Crippen LogP contribution in [-0.2, 0) is 4.79 Å². The third kappa shape index (κ3) is 8.52. The number of carbonyl (C=O) groups excluding carboxylic acids is 1. The first kappa shape index (κ1) is 17.7. The summed E-state index contributed by atoms with van der Waals surface area (Å²) < 4.78 is 5.51. The lowest BCUT2D eigenvalue weighted by atomic mass is 10.1. The molecule has 1 aromatic rings.